The van der Waals surface area contributed by atoms with Crippen molar-refractivity contribution in [2.24, 2.45) is 5.10 Å². The summed E-state index contributed by atoms with van der Waals surface area (Å²) in [5.41, 5.74) is 3.91. The molecule has 0 atom stereocenters. The van der Waals surface area contributed by atoms with Gasteiger partial charge in [0.1, 0.15) is 18.1 Å². The molecular formula is C24H19ClN2O4. The molecule has 0 radical (unpaired) electrons. The molecule has 0 saturated carbocycles. The van der Waals surface area contributed by atoms with Gasteiger partial charge in [0.2, 0.25) is 0 Å². The fourth-order valence-electron chi connectivity index (χ4n) is 2.50. The van der Waals surface area contributed by atoms with Gasteiger partial charge in [0, 0.05) is 5.56 Å². The van der Waals surface area contributed by atoms with Crippen LogP contribution < -0.4 is 14.9 Å². The van der Waals surface area contributed by atoms with Crippen molar-refractivity contribution in [3.05, 3.63) is 107 Å². The molecule has 0 aliphatic heterocycles. The summed E-state index contributed by atoms with van der Waals surface area (Å²) in [6, 6.07) is 20.0. The molecule has 1 amide bonds. The van der Waals surface area contributed by atoms with Crippen molar-refractivity contribution in [1.82, 2.24) is 5.43 Å². The molecule has 6 nitrogen and oxygen atoms in total. The maximum absolute atomic E-state index is 12.2. The Kier molecular flexibility index (Phi) is 7.56. The number of ether oxygens (including phenoxy) is 2. The van der Waals surface area contributed by atoms with Crippen molar-refractivity contribution in [3.8, 4) is 11.5 Å². The van der Waals surface area contributed by atoms with E-state index in [9.17, 15) is 9.59 Å². The van der Waals surface area contributed by atoms with Gasteiger partial charge in [0.25, 0.3) is 5.91 Å². The number of hydrogen-bond acceptors (Lipinski definition) is 5. The molecule has 3 aromatic carbocycles. The van der Waals surface area contributed by atoms with Crippen molar-refractivity contribution in [3.63, 3.8) is 0 Å². The normalized spacial score (nSPS) is 10.5. The first-order valence-electron chi connectivity index (χ1n) is 9.31. The molecular weight excluding hydrogens is 416 g/mol. The van der Waals surface area contributed by atoms with Gasteiger partial charge in [-0.1, -0.05) is 36.4 Å². The van der Waals surface area contributed by atoms with E-state index in [1.54, 1.807) is 78.9 Å². The van der Waals surface area contributed by atoms with Gasteiger partial charge in [0.15, 0.2) is 0 Å². The van der Waals surface area contributed by atoms with Gasteiger partial charge in [-0.25, -0.2) is 10.2 Å². The Morgan fingerprint density at radius 1 is 0.968 bits per heavy atom. The minimum absolute atomic E-state index is 0.290. The molecule has 0 fully saturated rings. The highest BCUT2D eigenvalue weighted by atomic mass is 35.5. The lowest BCUT2D eigenvalue weighted by Crippen LogP contribution is -2.17. The summed E-state index contributed by atoms with van der Waals surface area (Å²) in [5.74, 6) is 0.122. The first-order chi connectivity index (χ1) is 15.1. The summed E-state index contributed by atoms with van der Waals surface area (Å²) < 4.78 is 10.7. The second kappa shape index (κ2) is 10.8. The minimum Gasteiger partial charge on any atom is -0.490 e. The molecule has 0 aromatic heterocycles. The number of hydrogen-bond donors (Lipinski definition) is 1. The number of nitrogens with one attached hydrogen (secondary N) is 1. The number of halogens is 1. The second-order valence-corrected chi connectivity index (χ2v) is 6.67. The van der Waals surface area contributed by atoms with Crippen LogP contribution >= 0.6 is 11.6 Å². The van der Waals surface area contributed by atoms with E-state index >= 15 is 0 Å². The Morgan fingerprint density at radius 2 is 1.65 bits per heavy atom. The summed E-state index contributed by atoms with van der Waals surface area (Å²) in [6.45, 7) is 3.98. The van der Waals surface area contributed by atoms with E-state index in [-0.39, 0.29) is 11.5 Å². The number of benzene rings is 3. The molecule has 156 valence electrons. The molecule has 0 spiro atoms. The maximum Gasteiger partial charge on any atom is 0.345 e. The first kappa shape index (κ1) is 21.8. The lowest BCUT2D eigenvalue weighted by atomic mass is 10.2. The van der Waals surface area contributed by atoms with Crippen LogP contribution in [0, 0.1) is 0 Å². The van der Waals surface area contributed by atoms with Crippen LogP contribution in [0.2, 0.25) is 5.02 Å². The summed E-state index contributed by atoms with van der Waals surface area (Å²) in [5, 5.41) is 4.27. The van der Waals surface area contributed by atoms with Crippen LogP contribution in [0.25, 0.3) is 0 Å². The van der Waals surface area contributed by atoms with Crippen molar-refractivity contribution >= 4 is 29.7 Å². The Labute approximate surface area is 184 Å². The number of nitrogens with zero attached hydrogens (tertiary/aromatic N) is 1. The van der Waals surface area contributed by atoms with Crippen LogP contribution in [0.5, 0.6) is 11.5 Å². The zero-order valence-corrected chi connectivity index (χ0v) is 17.2. The third-order valence-electron chi connectivity index (χ3n) is 4.05. The van der Waals surface area contributed by atoms with E-state index in [2.05, 4.69) is 17.1 Å². The van der Waals surface area contributed by atoms with Gasteiger partial charge >= 0.3 is 5.97 Å². The smallest absolute Gasteiger partial charge is 0.345 e. The lowest BCUT2D eigenvalue weighted by Gasteiger charge is -2.06. The number of amides is 1. The molecule has 7 heteroatoms. The summed E-state index contributed by atoms with van der Waals surface area (Å²) in [7, 11) is 0. The van der Waals surface area contributed by atoms with Crippen molar-refractivity contribution < 1.29 is 19.1 Å². The van der Waals surface area contributed by atoms with Crippen LogP contribution in [-0.4, -0.2) is 24.7 Å². The molecule has 0 aliphatic carbocycles. The van der Waals surface area contributed by atoms with Gasteiger partial charge < -0.3 is 9.47 Å². The van der Waals surface area contributed by atoms with Gasteiger partial charge in [-0.2, -0.15) is 5.10 Å². The number of hydrazone groups is 1. The Bertz CT molecular complexity index is 1090. The third-order valence-corrected chi connectivity index (χ3v) is 4.38. The second-order valence-electron chi connectivity index (χ2n) is 6.26. The predicted octanol–water partition coefficient (Wildman–Crippen LogP) is 4.89. The van der Waals surface area contributed by atoms with Crippen LogP contribution in [-0.2, 0) is 0 Å². The van der Waals surface area contributed by atoms with Gasteiger partial charge in [-0.3, -0.25) is 4.79 Å². The van der Waals surface area contributed by atoms with Gasteiger partial charge in [-0.15, -0.1) is 0 Å². The molecule has 1 N–H and O–H groups in total. The van der Waals surface area contributed by atoms with Crippen molar-refractivity contribution in [2.75, 3.05) is 6.61 Å². The van der Waals surface area contributed by atoms with E-state index < -0.39 is 5.97 Å². The topological polar surface area (TPSA) is 77.0 Å². The van der Waals surface area contributed by atoms with Crippen LogP contribution in [0.1, 0.15) is 26.3 Å². The molecule has 0 saturated heterocycles. The highest BCUT2D eigenvalue weighted by molar-refractivity contribution is 6.33. The van der Waals surface area contributed by atoms with Crippen LogP contribution in [0.15, 0.2) is 90.6 Å². The molecule has 3 aromatic rings. The highest BCUT2D eigenvalue weighted by Gasteiger charge is 2.12. The SMILES string of the molecule is C=CCOc1ccc(C(=O)N/N=C\c2ccc(OC(=O)c3ccccc3Cl)cc2)cc1. The molecule has 0 unspecified atom stereocenters. The molecule has 3 rings (SSSR count). The Morgan fingerprint density at radius 3 is 2.32 bits per heavy atom. The first-order valence-corrected chi connectivity index (χ1v) is 9.68. The standard InChI is InChI=1S/C24H19ClN2O4/c1-2-15-30-19-13-9-18(10-14-19)23(28)27-26-16-17-7-11-20(12-8-17)31-24(29)21-5-3-4-6-22(21)25/h2-14,16H,1,15H2,(H,27,28)/b26-16-. The zero-order valence-electron chi connectivity index (χ0n) is 16.5. The van der Waals surface area contributed by atoms with Crippen LogP contribution in [0.3, 0.4) is 0 Å². The van der Waals surface area contributed by atoms with E-state index in [1.807, 2.05) is 0 Å². The van der Waals surface area contributed by atoms with E-state index in [4.69, 9.17) is 21.1 Å². The fourth-order valence-corrected chi connectivity index (χ4v) is 2.71. The Hall–Kier alpha value is -3.90. The summed E-state index contributed by atoms with van der Waals surface area (Å²) in [4.78, 5) is 24.3. The monoisotopic (exact) mass is 434 g/mol. The zero-order chi connectivity index (χ0) is 22.1. The van der Waals surface area contributed by atoms with E-state index in [0.29, 0.717) is 34.3 Å². The lowest BCUT2D eigenvalue weighted by molar-refractivity contribution is 0.0734. The van der Waals surface area contributed by atoms with E-state index in [1.165, 1.54) is 6.21 Å². The molecule has 31 heavy (non-hydrogen) atoms. The summed E-state index contributed by atoms with van der Waals surface area (Å²) in [6.07, 6.45) is 3.13. The Balaban J connectivity index is 1.53. The number of carbonyl (C=O) groups excluding carboxylic acids is 2. The third kappa shape index (κ3) is 6.29. The van der Waals surface area contributed by atoms with Crippen molar-refractivity contribution in [2.45, 2.75) is 0 Å². The summed E-state index contributed by atoms with van der Waals surface area (Å²) >= 11 is 6.00. The average molecular weight is 435 g/mol. The molecule has 0 bridgehead atoms. The number of carbonyl (C=O) groups is 2. The number of esters is 1. The average Bonchev–Trinajstić information content (AvgIpc) is 2.79. The predicted molar refractivity (Wildman–Crippen MR) is 120 cm³/mol. The number of rotatable bonds is 8. The van der Waals surface area contributed by atoms with Crippen molar-refractivity contribution in [1.29, 1.82) is 0 Å². The van der Waals surface area contributed by atoms with Gasteiger partial charge in [0.05, 0.1) is 16.8 Å². The maximum atomic E-state index is 12.2. The molecule has 0 aliphatic rings. The van der Waals surface area contributed by atoms with Crippen LogP contribution in [0.4, 0.5) is 0 Å². The quantitative estimate of drug-likeness (QED) is 0.180. The fraction of sp³-hybridized carbons (Fsp3) is 0.0417. The largest absolute Gasteiger partial charge is 0.490 e. The highest BCUT2D eigenvalue weighted by Crippen LogP contribution is 2.19. The molecule has 0 heterocycles. The van der Waals surface area contributed by atoms with E-state index in [0.717, 1.165) is 0 Å². The van der Waals surface area contributed by atoms with Gasteiger partial charge in [-0.05, 0) is 66.2 Å². The minimum atomic E-state index is -0.541.